The third-order valence-electron chi connectivity index (χ3n) is 3.67. The van der Waals surface area contributed by atoms with Crippen LogP contribution in [0.3, 0.4) is 0 Å². The average molecular weight is 290 g/mol. The Hall–Kier alpha value is -2.07. The molecule has 3 nitrogen and oxygen atoms in total. The molecule has 1 atom stereocenters. The number of ether oxygens (including phenoxy) is 2. The lowest BCUT2D eigenvalue weighted by molar-refractivity contribution is 0.0758. The highest BCUT2D eigenvalue weighted by Crippen LogP contribution is 2.37. The monoisotopic (exact) mass is 290 g/mol. The molecule has 2 aromatic carbocycles. The summed E-state index contributed by atoms with van der Waals surface area (Å²) in [6, 6.07) is 11.2. The number of rotatable bonds is 5. The smallest absolute Gasteiger partial charge is 0.161 e. The van der Waals surface area contributed by atoms with Gasteiger partial charge in [-0.2, -0.15) is 0 Å². The maximum absolute atomic E-state index is 13.5. The summed E-state index contributed by atoms with van der Waals surface area (Å²) in [5.74, 6) is 0.733. The Bertz CT molecular complexity index is 627. The van der Waals surface area contributed by atoms with Crippen LogP contribution in [0.25, 0.3) is 0 Å². The summed E-state index contributed by atoms with van der Waals surface area (Å²) in [7, 11) is 3.09. The van der Waals surface area contributed by atoms with Gasteiger partial charge in [-0.3, -0.25) is 0 Å². The standard InChI is InChI=1S/C17H19FO3/c1-4-17(19,12-6-5-7-14(18)10-12)13-8-9-15(20-2)16(11-13)21-3/h5-11,19H,4H2,1-3H3. The van der Waals surface area contributed by atoms with Crippen molar-refractivity contribution in [3.8, 4) is 11.5 Å². The molecule has 0 amide bonds. The van der Waals surface area contributed by atoms with E-state index in [1.807, 2.05) is 6.92 Å². The van der Waals surface area contributed by atoms with Gasteiger partial charge in [-0.05, 0) is 41.8 Å². The Balaban J connectivity index is 2.54. The molecule has 0 saturated carbocycles. The SMILES string of the molecule is CCC(O)(c1cccc(F)c1)c1ccc(OC)c(OC)c1. The fraction of sp³-hybridized carbons (Fsp3) is 0.294. The van der Waals surface area contributed by atoms with Crippen molar-refractivity contribution in [2.75, 3.05) is 14.2 Å². The summed E-state index contributed by atoms with van der Waals surface area (Å²) < 4.78 is 23.9. The minimum atomic E-state index is -1.28. The first-order valence-corrected chi connectivity index (χ1v) is 6.76. The third-order valence-corrected chi connectivity index (χ3v) is 3.67. The van der Waals surface area contributed by atoms with Crippen LogP contribution in [0.15, 0.2) is 42.5 Å². The van der Waals surface area contributed by atoms with Gasteiger partial charge in [-0.1, -0.05) is 25.1 Å². The van der Waals surface area contributed by atoms with Crippen molar-refractivity contribution in [2.45, 2.75) is 18.9 Å². The van der Waals surface area contributed by atoms with E-state index < -0.39 is 5.60 Å². The zero-order valence-electron chi connectivity index (χ0n) is 12.4. The van der Waals surface area contributed by atoms with Crippen molar-refractivity contribution >= 4 is 0 Å². The Kier molecular flexibility index (Phi) is 4.48. The predicted molar refractivity (Wildman–Crippen MR) is 79.2 cm³/mol. The molecule has 0 aromatic heterocycles. The molecule has 0 aliphatic carbocycles. The van der Waals surface area contributed by atoms with Crippen LogP contribution in [0.2, 0.25) is 0 Å². The summed E-state index contributed by atoms with van der Waals surface area (Å²) in [6.07, 6.45) is 0.409. The molecule has 2 rings (SSSR count). The number of benzene rings is 2. The molecule has 0 bridgehead atoms. The van der Waals surface area contributed by atoms with Gasteiger partial charge < -0.3 is 14.6 Å². The fourth-order valence-corrected chi connectivity index (χ4v) is 2.41. The van der Waals surface area contributed by atoms with E-state index in [0.29, 0.717) is 29.0 Å². The van der Waals surface area contributed by atoms with Crippen molar-refractivity contribution in [2.24, 2.45) is 0 Å². The lowest BCUT2D eigenvalue weighted by Gasteiger charge is -2.28. The van der Waals surface area contributed by atoms with Gasteiger partial charge in [0.15, 0.2) is 11.5 Å². The van der Waals surface area contributed by atoms with E-state index in [4.69, 9.17) is 9.47 Å². The maximum Gasteiger partial charge on any atom is 0.161 e. The minimum absolute atomic E-state index is 0.375. The van der Waals surface area contributed by atoms with Gasteiger partial charge in [0.1, 0.15) is 11.4 Å². The van der Waals surface area contributed by atoms with E-state index in [-0.39, 0.29) is 5.82 Å². The van der Waals surface area contributed by atoms with Gasteiger partial charge in [0.25, 0.3) is 0 Å². The van der Waals surface area contributed by atoms with Crippen molar-refractivity contribution in [1.82, 2.24) is 0 Å². The molecule has 112 valence electrons. The number of aliphatic hydroxyl groups is 1. The van der Waals surface area contributed by atoms with Crippen LogP contribution in [0.5, 0.6) is 11.5 Å². The molecule has 0 aliphatic rings. The van der Waals surface area contributed by atoms with Crippen molar-refractivity contribution in [3.05, 3.63) is 59.4 Å². The van der Waals surface area contributed by atoms with E-state index in [9.17, 15) is 9.50 Å². The summed E-state index contributed by atoms with van der Waals surface area (Å²) in [4.78, 5) is 0. The molecule has 0 spiro atoms. The lowest BCUT2D eigenvalue weighted by Crippen LogP contribution is -2.26. The molecule has 0 heterocycles. The van der Waals surface area contributed by atoms with Crippen LogP contribution >= 0.6 is 0 Å². The van der Waals surface area contributed by atoms with Gasteiger partial charge in [0.05, 0.1) is 14.2 Å². The van der Waals surface area contributed by atoms with Gasteiger partial charge >= 0.3 is 0 Å². The first-order valence-electron chi connectivity index (χ1n) is 6.76. The minimum Gasteiger partial charge on any atom is -0.493 e. The van der Waals surface area contributed by atoms with Gasteiger partial charge in [0.2, 0.25) is 0 Å². The second kappa shape index (κ2) is 6.14. The van der Waals surface area contributed by atoms with Crippen LogP contribution in [0.1, 0.15) is 24.5 Å². The summed E-state index contributed by atoms with van der Waals surface area (Å²) in [5.41, 5.74) is -0.132. The topological polar surface area (TPSA) is 38.7 Å². The highest BCUT2D eigenvalue weighted by molar-refractivity contribution is 5.47. The Morgan fingerprint density at radius 2 is 1.67 bits per heavy atom. The van der Waals surface area contributed by atoms with Crippen LogP contribution in [-0.4, -0.2) is 19.3 Å². The number of halogens is 1. The van der Waals surface area contributed by atoms with E-state index in [1.165, 1.54) is 19.2 Å². The van der Waals surface area contributed by atoms with E-state index in [1.54, 1.807) is 37.4 Å². The molecule has 1 unspecified atom stereocenters. The second-order valence-corrected chi connectivity index (χ2v) is 4.79. The first-order chi connectivity index (χ1) is 10.0. The van der Waals surface area contributed by atoms with E-state index in [0.717, 1.165) is 0 Å². The Labute approximate surface area is 124 Å². The van der Waals surface area contributed by atoms with Crippen molar-refractivity contribution in [1.29, 1.82) is 0 Å². The quantitative estimate of drug-likeness (QED) is 0.916. The van der Waals surface area contributed by atoms with E-state index in [2.05, 4.69) is 0 Å². The number of methoxy groups -OCH3 is 2. The normalized spacial score (nSPS) is 13.6. The Morgan fingerprint density at radius 1 is 1.00 bits per heavy atom. The molecular formula is C17H19FO3. The molecule has 21 heavy (non-hydrogen) atoms. The second-order valence-electron chi connectivity index (χ2n) is 4.79. The maximum atomic E-state index is 13.5. The number of hydrogen-bond donors (Lipinski definition) is 1. The summed E-state index contributed by atoms with van der Waals surface area (Å²) >= 11 is 0. The van der Waals surface area contributed by atoms with Crippen molar-refractivity contribution in [3.63, 3.8) is 0 Å². The van der Waals surface area contributed by atoms with Gasteiger partial charge in [0, 0.05) is 0 Å². The van der Waals surface area contributed by atoms with E-state index >= 15 is 0 Å². The molecule has 4 heteroatoms. The number of hydrogen-bond acceptors (Lipinski definition) is 3. The first kappa shape index (κ1) is 15.3. The third kappa shape index (κ3) is 2.85. The molecule has 0 fully saturated rings. The van der Waals surface area contributed by atoms with Crippen LogP contribution in [-0.2, 0) is 5.60 Å². The molecular weight excluding hydrogens is 271 g/mol. The molecule has 0 saturated heterocycles. The molecule has 2 aromatic rings. The van der Waals surface area contributed by atoms with Gasteiger partial charge in [-0.15, -0.1) is 0 Å². The zero-order valence-corrected chi connectivity index (χ0v) is 12.4. The van der Waals surface area contributed by atoms with Gasteiger partial charge in [-0.25, -0.2) is 4.39 Å². The van der Waals surface area contributed by atoms with Crippen LogP contribution in [0.4, 0.5) is 4.39 Å². The lowest BCUT2D eigenvalue weighted by atomic mass is 9.84. The zero-order chi connectivity index (χ0) is 15.5. The predicted octanol–water partition coefficient (Wildman–Crippen LogP) is 3.49. The summed E-state index contributed by atoms with van der Waals surface area (Å²) in [6.45, 7) is 1.85. The van der Waals surface area contributed by atoms with Crippen LogP contribution < -0.4 is 9.47 Å². The Morgan fingerprint density at radius 3 is 2.24 bits per heavy atom. The average Bonchev–Trinajstić information content (AvgIpc) is 2.53. The fourth-order valence-electron chi connectivity index (χ4n) is 2.41. The molecule has 0 radical (unpaired) electrons. The summed E-state index contributed by atoms with van der Waals surface area (Å²) in [5, 5.41) is 11.0. The highest BCUT2D eigenvalue weighted by atomic mass is 19.1. The van der Waals surface area contributed by atoms with Crippen LogP contribution in [0, 0.1) is 5.82 Å². The molecule has 0 aliphatic heterocycles. The molecule has 1 N–H and O–H groups in total. The van der Waals surface area contributed by atoms with Crippen molar-refractivity contribution < 1.29 is 19.0 Å². The highest BCUT2D eigenvalue weighted by Gasteiger charge is 2.30. The largest absolute Gasteiger partial charge is 0.493 e.